The normalized spacial score (nSPS) is 18.6. The Hall–Kier alpha value is -1.13. The number of nitrogens with zero attached hydrogens (tertiary/aromatic N) is 3. The van der Waals surface area contributed by atoms with Crippen molar-refractivity contribution in [3.8, 4) is 0 Å². The number of aromatic nitrogens is 1. The van der Waals surface area contributed by atoms with Gasteiger partial charge in [-0.2, -0.15) is 0 Å². The van der Waals surface area contributed by atoms with E-state index in [1.165, 1.54) is 0 Å². The van der Waals surface area contributed by atoms with Gasteiger partial charge in [0.1, 0.15) is 5.82 Å². The summed E-state index contributed by atoms with van der Waals surface area (Å²) in [5, 5.41) is 9.86. The lowest BCUT2D eigenvalue weighted by Crippen LogP contribution is -2.46. The van der Waals surface area contributed by atoms with Crippen LogP contribution in [0.2, 0.25) is 0 Å². The summed E-state index contributed by atoms with van der Waals surface area (Å²) in [7, 11) is 0. The Morgan fingerprint density at radius 1 is 1.26 bits per heavy atom. The van der Waals surface area contributed by atoms with Crippen LogP contribution in [0.25, 0.3) is 0 Å². The van der Waals surface area contributed by atoms with Gasteiger partial charge >= 0.3 is 0 Å². The standard InChI is InChI=1S/C15H25N3O/c1-4-14(19)13-10-12(3)15(16-11-13)18-8-6-17(5-2)7-9-18/h10-11,14,19H,4-9H2,1-3H3/t14-/m1/s1. The molecule has 1 aliphatic rings. The van der Waals surface area contributed by atoms with Crippen molar-refractivity contribution in [2.75, 3.05) is 37.6 Å². The summed E-state index contributed by atoms with van der Waals surface area (Å²) >= 11 is 0. The summed E-state index contributed by atoms with van der Waals surface area (Å²) in [4.78, 5) is 9.38. The summed E-state index contributed by atoms with van der Waals surface area (Å²) in [6.07, 6.45) is 2.16. The van der Waals surface area contributed by atoms with Gasteiger partial charge in [0.15, 0.2) is 0 Å². The van der Waals surface area contributed by atoms with Gasteiger partial charge in [-0.05, 0) is 37.1 Å². The zero-order chi connectivity index (χ0) is 13.8. The van der Waals surface area contributed by atoms with Crippen LogP contribution in [0, 0.1) is 6.92 Å². The van der Waals surface area contributed by atoms with Gasteiger partial charge in [0.25, 0.3) is 0 Å². The number of anilines is 1. The highest BCUT2D eigenvalue weighted by Crippen LogP contribution is 2.23. The minimum absolute atomic E-state index is 0.391. The van der Waals surface area contributed by atoms with E-state index in [4.69, 9.17) is 0 Å². The Kier molecular flexibility index (Phi) is 4.77. The third-order valence-corrected chi connectivity index (χ3v) is 3.96. The summed E-state index contributed by atoms with van der Waals surface area (Å²) in [5.41, 5.74) is 2.09. The maximum Gasteiger partial charge on any atom is 0.131 e. The van der Waals surface area contributed by atoms with Gasteiger partial charge < -0.3 is 14.9 Å². The molecule has 4 nitrogen and oxygen atoms in total. The van der Waals surface area contributed by atoms with Gasteiger partial charge in [0, 0.05) is 32.4 Å². The van der Waals surface area contributed by atoms with E-state index in [-0.39, 0.29) is 0 Å². The molecule has 0 radical (unpaired) electrons. The average molecular weight is 263 g/mol. The van der Waals surface area contributed by atoms with Crippen LogP contribution in [-0.2, 0) is 0 Å². The molecule has 1 atom stereocenters. The SMILES string of the molecule is CC[C@@H](O)c1cnc(N2CCN(CC)CC2)c(C)c1. The molecule has 0 unspecified atom stereocenters. The molecule has 0 saturated carbocycles. The first-order chi connectivity index (χ1) is 9.15. The Morgan fingerprint density at radius 2 is 1.95 bits per heavy atom. The average Bonchev–Trinajstić information content (AvgIpc) is 2.46. The zero-order valence-electron chi connectivity index (χ0n) is 12.3. The van der Waals surface area contributed by atoms with Crippen LogP contribution in [0.1, 0.15) is 37.5 Å². The molecule has 1 fully saturated rings. The Labute approximate surface area is 116 Å². The lowest BCUT2D eigenvalue weighted by Gasteiger charge is -2.35. The van der Waals surface area contributed by atoms with Gasteiger partial charge in [-0.15, -0.1) is 0 Å². The zero-order valence-corrected chi connectivity index (χ0v) is 12.3. The number of pyridine rings is 1. The van der Waals surface area contributed by atoms with Gasteiger partial charge in [-0.25, -0.2) is 4.98 Å². The van der Waals surface area contributed by atoms with E-state index in [0.29, 0.717) is 0 Å². The van der Waals surface area contributed by atoms with E-state index >= 15 is 0 Å². The molecule has 2 rings (SSSR count). The highest BCUT2D eigenvalue weighted by atomic mass is 16.3. The molecule has 1 N–H and O–H groups in total. The first-order valence-electron chi connectivity index (χ1n) is 7.27. The summed E-state index contributed by atoms with van der Waals surface area (Å²) in [5.74, 6) is 1.07. The van der Waals surface area contributed by atoms with Gasteiger partial charge in [-0.1, -0.05) is 13.8 Å². The molecule has 4 heteroatoms. The van der Waals surface area contributed by atoms with Gasteiger partial charge in [0.2, 0.25) is 0 Å². The highest BCUT2D eigenvalue weighted by molar-refractivity contribution is 5.48. The van der Waals surface area contributed by atoms with Crippen molar-refractivity contribution >= 4 is 5.82 Å². The van der Waals surface area contributed by atoms with E-state index in [0.717, 1.165) is 56.1 Å². The second-order valence-corrected chi connectivity index (χ2v) is 5.25. The second kappa shape index (κ2) is 6.35. The van der Waals surface area contributed by atoms with E-state index in [2.05, 4.69) is 34.7 Å². The van der Waals surface area contributed by atoms with Crippen LogP contribution in [0.4, 0.5) is 5.82 Å². The smallest absolute Gasteiger partial charge is 0.131 e. The Morgan fingerprint density at radius 3 is 2.47 bits per heavy atom. The van der Waals surface area contributed by atoms with Crippen molar-refractivity contribution in [3.63, 3.8) is 0 Å². The number of aliphatic hydroxyl groups excluding tert-OH is 1. The van der Waals surface area contributed by atoms with E-state index in [1.807, 2.05) is 13.1 Å². The van der Waals surface area contributed by atoms with Gasteiger partial charge in [0.05, 0.1) is 6.10 Å². The van der Waals surface area contributed by atoms with Crippen LogP contribution in [0.15, 0.2) is 12.3 Å². The van der Waals surface area contributed by atoms with E-state index in [9.17, 15) is 5.11 Å². The third-order valence-electron chi connectivity index (χ3n) is 3.96. The Bertz CT molecular complexity index is 414. The molecule has 0 bridgehead atoms. The molecule has 2 heterocycles. The quantitative estimate of drug-likeness (QED) is 0.901. The van der Waals surface area contributed by atoms with Crippen molar-refractivity contribution in [1.29, 1.82) is 0 Å². The Balaban J connectivity index is 2.09. The molecule has 0 spiro atoms. The van der Waals surface area contributed by atoms with Crippen molar-refractivity contribution in [1.82, 2.24) is 9.88 Å². The molecule has 0 amide bonds. The van der Waals surface area contributed by atoms with Crippen LogP contribution < -0.4 is 4.90 Å². The van der Waals surface area contributed by atoms with Crippen LogP contribution in [0.5, 0.6) is 0 Å². The van der Waals surface area contributed by atoms with Crippen LogP contribution in [-0.4, -0.2) is 47.7 Å². The fourth-order valence-corrected chi connectivity index (χ4v) is 2.61. The number of piperazine rings is 1. The minimum Gasteiger partial charge on any atom is -0.388 e. The third kappa shape index (κ3) is 3.25. The number of aliphatic hydroxyl groups is 1. The molecule has 1 aliphatic heterocycles. The predicted octanol–water partition coefficient (Wildman–Crippen LogP) is 1.98. The van der Waals surface area contributed by atoms with Crippen LogP contribution >= 0.6 is 0 Å². The van der Waals surface area contributed by atoms with Gasteiger partial charge in [-0.3, -0.25) is 0 Å². The first kappa shape index (κ1) is 14.3. The number of likely N-dealkylation sites (N-methyl/N-ethyl adjacent to an activating group) is 1. The fraction of sp³-hybridized carbons (Fsp3) is 0.667. The molecule has 19 heavy (non-hydrogen) atoms. The topological polar surface area (TPSA) is 39.6 Å². The largest absolute Gasteiger partial charge is 0.388 e. The number of hydrogen-bond donors (Lipinski definition) is 1. The molecule has 1 aromatic heterocycles. The summed E-state index contributed by atoms with van der Waals surface area (Å²) in [6.45, 7) is 11.7. The lowest BCUT2D eigenvalue weighted by molar-refractivity contribution is 0.173. The molecule has 0 aliphatic carbocycles. The van der Waals surface area contributed by atoms with E-state index < -0.39 is 6.10 Å². The molecular formula is C15H25N3O. The molecule has 1 saturated heterocycles. The number of aryl methyl sites for hydroxylation is 1. The monoisotopic (exact) mass is 263 g/mol. The van der Waals surface area contributed by atoms with Crippen LogP contribution in [0.3, 0.4) is 0 Å². The molecular weight excluding hydrogens is 238 g/mol. The maximum atomic E-state index is 9.86. The van der Waals surface area contributed by atoms with E-state index in [1.54, 1.807) is 0 Å². The number of hydrogen-bond acceptors (Lipinski definition) is 4. The highest BCUT2D eigenvalue weighted by Gasteiger charge is 2.18. The summed E-state index contributed by atoms with van der Waals surface area (Å²) in [6, 6.07) is 2.07. The molecule has 0 aromatic carbocycles. The molecule has 1 aromatic rings. The minimum atomic E-state index is -0.391. The molecule has 106 valence electrons. The predicted molar refractivity (Wildman–Crippen MR) is 78.6 cm³/mol. The second-order valence-electron chi connectivity index (χ2n) is 5.25. The fourth-order valence-electron chi connectivity index (χ4n) is 2.61. The first-order valence-corrected chi connectivity index (χ1v) is 7.27. The summed E-state index contributed by atoms with van der Waals surface area (Å²) < 4.78 is 0. The van der Waals surface area contributed by atoms with Crippen molar-refractivity contribution in [2.45, 2.75) is 33.3 Å². The van der Waals surface area contributed by atoms with Crippen molar-refractivity contribution < 1.29 is 5.11 Å². The van der Waals surface area contributed by atoms with Crippen molar-refractivity contribution in [2.24, 2.45) is 0 Å². The lowest BCUT2D eigenvalue weighted by atomic mass is 10.1. The number of rotatable bonds is 4. The van der Waals surface area contributed by atoms with Crippen molar-refractivity contribution in [3.05, 3.63) is 23.4 Å². The maximum absolute atomic E-state index is 9.86.